The summed E-state index contributed by atoms with van der Waals surface area (Å²) in [4.78, 5) is 0. The molecular formula is C17H17N7S. The number of benzene rings is 1. The van der Waals surface area contributed by atoms with Crippen LogP contribution < -0.4 is 0 Å². The summed E-state index contributed by atoms with van der Waals surface area (Å²) in [7, 11) is 1.87. The first kappa shape index (κ1) is 15.5. The molecule has 0 amide bonds. The first-order chi connectivity index (χ1) is 12.1. The molecule has 4 aromatic rings. The molecule has 0 saturated carbocycles. The molecule has 126 valence electrons. The molecule has 3 aromatic heterocycles. The molecule has 0 aliphatic heterocycles. The second kappa shape index (κ2) is 6.14. The molecule has 1 N–H and O–H groups in total. The zero-order chi connectivity index (χ0) is 17.4. The molecule has 4 rings (SSSR count). The summed E-state index contributed by atoms with van der Waals surface area (Å²) in [5, 5.41) is 15.9. The number of aryl methyl sites for hydroxylation is 2. The van der Waals surface area contributed by atoms with Crippen molar-refractivity contribution in [2.24, 2.45) is 7.05 Å². The number of nitrogens with zero attached hydrogens (tertiary/aromatic N) is 6. The Morgan fingerprint density at radius 2 is 1.92 bits per heavy atom. The van der Waals surface area contributed by atoms with Gasteiger partial charge in [-0.3, -0.25) is 19.0 Å². The number of H-pyrrole nitrogens is 1. The van der Waals surface area contributed by atoms with Gasteiger partial charge >= 0.3 is 0 Å². The molecule has 0 saturated heterocycles. The van der Waals surface area contributed by atoms with E-state index < -0.39 is 0 Å². The lowest BCUT2D eigenvalue weighted by Gasteiger charge is -2.04. The monoisotopic (exact) mass is 351 g/mol. The van der Waals surface area contributed by atoms with Gasteiger partial charge in [-0.2, -0.15) is 15.3 Å². The van der Waals surface area contributed by atoms with Crippen LogP contribution >= 0.6 is 12.2 Å². The normalized spacial score (nSPS) is 11.1. The largest absolute Gasteiger partial charge is 0.266 e. The molecule has 7 nitrogen and oxygen atoms in total. The van der Waals surface area contributed by atoms with Gasteiger partial charge in [0.05, 0.1) is 18.4 Å². The van der Waals surface area contributed by atoms with Crippen molar-refractivity contribution >= 4 is 12.2 Å². The van der Waals surface area contributed by atoms with E-state index in [0.29, 0.717) is 17.1 Å². The molecule has 0 spiro atoms. The van der Waals surface area contributed by atoms with Crippen LogP contribution in [0.4, 0.5) is 0 Å². The summed E-state index contributed by atoms with van der Waals surface area (Å²) in [6.45, 7) is 2.78. The SMILES string of the molecule is Cc1ccc(Cn2cc(-n3c(-c4ccnn4C)n[nH]c3=S)cn2)cc1. The number of hydrogen-bond donors (Lipinski definition) is 1. The van der Waals surface area contributed by atoms with E-state index in [-0.39, 0.29) is 0 Å². The van der Waals surface area contributed by atoms with Crippen molar-refractivity contribution in [2.45, 2.75) is 13.5 Å². The Kier molecular flexibility index (Phi) is 3.81. The van der Waals surface area contributed by atoms with Crippen molar-refractivity contribution in [3.05, 3.63) is 64.8 Å². The van der Waals surface area contributed by atoms with Crippen molar-refractivity contribution in [2.75, 3.05) is 0 Å². The first-order valence-electron chi connectivity index (χ1n) is 7.86. The van der Waals surface area contributed by atoms with Gasteiger partial charge in [-0.15, -0.1) is 0 Å². The van der Waals surface area contributed by atoms with Crippen LogP contribution in [0.2, 0.25) is 0 Å². The molecule has 0 unspecified atom stereocenters. The lowest BCUT2D eigenvalue weighted by Crippen LogP contribution is -2.02. The molecule has 25 heavy (non-hydrogen) atoms. The van der Waals surface area contributed by atoms with Crippen molar-refractivity contribution in [1.29, 1.82) is 0 Å². The van der Waals surface area contributed by atoms with E-state index in [1.165, 1.54) is 11.1 Å². The van der Waals surface area contributed by atoms with Gasteiger partial charge in [0, 0.05) is 19.4 Å². The Morgan fingerprint density at radius 3 is 2.64 bits per heavy atom. The number of rotatable bonds is 4. The van der Waals surface area contributed by atoms with Gasteiger partial charge < -0.3 is 0 Å². The van der Waals surface area contributed by atoms with Crippen molar-refractivity contribution in [1.82, 2.24) is 34.3 Å². The van der Waals surface area contributed by atoms with Gasteiger partial charge in [0.2, 0.25) is 0 Å². The zero-order valence-electron chi connectivity index (χ0n) is 13.9. The maximum Gasteiger partial charge on any atom is 0.200 e. The third-order valence-corrected chi connectivity index (χ3v) is 4.34. The highest BCUT2D eigenvalue weighted by molar-refractivity contribution is 7.71. The highest BCUT2D eigenvalue weighted by Gasteiger charge is 2.15. The van der Waals surface area contributed by atoms with Crippen molar-refractivity contribution in [3.8, 4) is 17.2 Å². The lowest BCUT2D eigenvalue weighted by atomic mass is 10.1. The first-order valence-corrected chi connectivity index (χ1v) is 8.27. The highest BCUT2D eigenvalue weighted by atomic mass is 32.1. The molecule has 0 radical (unpaired) electrons. The molecular weight excluding hydrogens is 334 g/mol. The summed E-state index contributed by atoms with van der Waals surface area (Å²) >= 11 is 5.40. The van der Waals surface area contributed by atoms with Crippen LogP contribution in [0.1, 0.15) is 11.1 Å². The van der Waals surface area contributed by atoms with Crippen LogP contribution in [-0.4, -0.2) is 34.3 Å². The van der Waals surface area contributed by atoms with E-state index in [4.69, 9.17) is 12.2 Å². The summed E-state index contributed by atoms with van der Waals surface area (Å²) in [5.74, 6) is 0.708. The molecule has 8 heteroatoms. The summed E-state index contributed by atoms with van der Waals surface area (Å²) < 4.78 is 6.04. The smallest absolute Gasteiger partial charge is 0.200 e. The fourth-order valence-electron chi connectivity index (χ4n) is 2.74. The van der Waals surface area contributed by atoms with Gasteiger partial charge in [-0.05, 0) is 30.8 Å². The summed E-state index contributed by atoms with van der Waals surface area (Å²) in [6, 6.07) is 10.3. The molecule has 0 aliphatic carbocycles. The zero-order valence-corrected chi connectivity index (χ0v) is 14.7. The van der Waals surface area contributed by atoms with Crippen LogP contribution in [0, 0.1) is 11.7 Å². The van der Waals surface area contributed by atoms with E-state index >= 15 is 0 Å². The Bertz CT molecular complexity index is 1070. The molecule has 1 aromatic carbocycles. The highest BCUT2D eigenvalue weighted by Crippen LogP contribution is 2.20. The average molecular weight is 351 g/mol. The Hall–Kier alpha value is -3.00. The fraction of sp³-hybridized carbons (Fsp3) is 0.176. The third kappa shape index (κ3) is 2.91. The minimum absolute atomic E-state index is 0.520. The number of aromatic nitrogens is 7. The van der Waals surface area contributed by atoms with E-state index in [2.05, 4.69) is 51.6 Å². The summed E-state index contributed by atoms with van der Waals surface area (Å²) in [6.07, 6.45) is 5.49. The minimum atomic E-state index is 0.520. The second-order valence-electron chi connectivity index (χ2n) is 5.91. The van der Waals surface area contributed by atoms with E-state index in [1.54, 1.807) is 17.1 Å². The molecule has 0 aliphatic rings. The summed E-state index contributed by atoms with van der Waals surface area (Å²) in [5.41, 5.74) is 4.18. The Morgan fingerprint density at radius 1 is 1.12 bits per heavy atom. The molecule has 0 fully saturated rings. The van der Waals surface area contributed by atoms with Crippen LogP contribution in [0.5, 0.6) is 0 Å². The van der Waals surface area contributed by atoms with Gasteiger partial charge in [0.1, 0.15) is 5.69 Å². The maximum absolute atomic E-state index is 5.40. The van der Waals surface area contributed by atoms with Crippen LogP contribution in [0.25, 0.3) is 17.2 Å². The Labute approximate surface area is 149 Å². The standard InChI is InChI=1S/C17H17N7S/c1-12-3-5-13(6-4-12)10-23-11-14(9-19-23)24-16(20-21-17(24)25)15-7-8-18-22(15)2/h3-9,11H,10H2,1-2H3,(H,21,25). The van der Waals surface area contributed by atoms with Gasteiger partial charge in [-0.25, -0.2) is 0 Å². The Balaban J connectivity index is 1.69. The van der Waals surface area contributed by atoms with Crippen LogP contribution in [0.3, 0.4) is 0 Å². The van der Waals surface area contributed by atoms with Gasteiger partial charge in [0.25, 0.3) is 0 Å². The van der Waals surface area contributed by atoms with Gasteiger partial charge in [-0.1, -0.05) is 29.8 Å². The predicted octanol–water partition coefficient (Wildman–Crippen LogP) is 2.88. The molecule has 0 bridgehead atoms. The van der Waals surface area contributed by atoms with E-state index in [1.807, 2.05) is 28.6 Å². The second-order valence-corrected chi connectivity index (χ2v) is 6.30. The molecule has 0 atom stereocenters. The van der Waals surface area contributed by atoms with Crippen LogP contribution in [-0.2, 0) is 13.6 Å². The van der Waals surface area contributed by atoms with Crippen molar-refractivity contribution in [3.63, 3.8) is 0 Å². The maximum atomic E-state index is 5.40. The minimum Gasteiger partial charge on any atom is -0.266 e. The van der Waals surface area contributed by atoms with E-state index in [9.17, 15) is 0 Å². The van der Waals surface area contributed by atoms with Crippen molar-refractivity contribution < 1.29 is 0 Å². The average Bonchev–Trinajstić information content (AvgIpc) is 3.30. The number of nitrogens with one attached hydrogen (secondary N) is 1. The van der Waals surface area contributed by atoms with Crippen LogP contribution in [0.15, 0.2) is 48.9 Å². The predicted molar refractivity (Wildman–Crippen MR) is 97.0 cm³/mol. The van der Waals surface area contributed by atoms with Gasteiger partial charge in [0.15, 0.2) is 10.6 Å². The number of hydrogen-bond acceptors (Lipinski definition) is 4. The topological polar surface area (TPSA) is 69.2 Å². The lowest BCUT2D eigenvalue weighted by molar-refractivity contribution is 0.686. The third-order valence-electron chi connectivity index (χ3n) is 4.07. The quantitative estimate of drug-likeness (QED) is 0.574. The molecule has 3 heterocycles. The van der Waals surface area contributed by atoms with E-state index in [0.717, 1.165) is 11.4 Å². The fourth-order valence-corrected chi connectivity index (χ4v) is 2.97. The number of aromatic amines is 1.